The van der Waals surface area contributed by atoms with Crippen molar-refractivity contribution in [2.45, 2.75) is 0 Å². The Labute approximate surface area is 78.8 Å². The number of rotatable bonds is 3. The Hall–Kier alpha value is -2.35. The fraction of sp³-hybridized carbons (Fsp3) is 0. The second-order valence-corrected chi connectivity index (χ2v) is 2.37. The summed E-state index contributed by atoms with van der Waals surface area (Å²) < 4.78 is 0. The van der Waals surface area contributed by atoms with Crippen LogP contribution >= 0.6 is 0 Å². The fourth-order valence-electron chi connectivity index (χ4n) is 0.791. The number of hydrogen-bond acceptors (Lipinski definition) is 3. The van der Waals surface area contributed by atoms with E-state index in [4.69, 9.17) is 5.11 Å². The van der Waals surface area contributed by atoms with Crippen LogP contribution in [-0.2, 0) is 4.79 Å². The van der Waals surface area contributed by atoms with E-state index in [9.17, 15) is 14.9 Å². The summed E-state index contributed by atoms with van der Waals surface area (Å²) in [5.74, 6) is -1.11. The second kappa shape index (κ2) is 4.05. The summed E-state index contributed by atoms with van der Waals surface area (Å²) in [6, 6.07) is 0. The molecule has 0 aromatic rings. The van der Waals surface area contributed by atoms with Gasteiger partial charge < -0.3 is 5.11 Å². The van der Waals surface area contributed by atoms with Gasteiger partial charge in [0.1, 0.15) is 0 Å². The summed E-state index contributed by atoms with van der Waals surface area (Å²) in [6.45, 7) is 0. The average molecular weight is 191 g/mol. The van der Waals surface area contributed by atoms with Crippen LogP contribution in [0.3, 0.4) is 0 Å². The molecule has 70 valence electrons. The summed E-state index contributed by atoms with van der Waals surface area (Å²) in [4.78, 5) is 19.8. The predicted molar refractivity (Wildman–Crippen MR) is 47.0 cm³/mol. The van der Waals surface area contributed by atoms with Crippen LogP contribution in [-0.4, -0.2) is 16.0 Å². The van der Waals surface area contributed by atoms with Crippen molar-refractivity contribution in [3.63, 3.8) is 0 Å². The van der Waals surface area contributed by atoms with Gasteiger partial charge in [-0.1, -0.05) is 5.73 Å². The summed E-state index contributed by atoms with van der Waals surface area (Å²) in [7, 11) is 0. The highest BCUT2D eigenvalue weighted by Crippen LogP contribution is 2.08. The molecule has 0 fully saturated rings. The lowest BCUT2D eigenvalue weighted by Gasteiger charge is -1.93. The van der Waals surface area contributed by atoms with Gasteiger partial charge in [-0.05, 0) is 17.7 Å². The molecule has 0 bridgehead atoms. The zero-order chi connectivity index (χ0) is 10.6. The van der Waals surface area contributed by atoms with E-state index in [1.165, 1.54) is 18.2 Å². The van der Waals surface area contributed by atoms with Crippen LogP contribution in [0.1, 0.15) is 0 Å². The molecule has 0 unspecified atom stereocenters. The zero-order valence-corrected chi connectivity index (χ0v) is 6.93. The van der Waals surface area contributed by atoms with Crippen molar-refractivity contribution in [3.8, 4) is 0 Å². The highest BCUT2D eigenvalue weighted by molar-refractivity contribution is 5.80. The molecule has 1 N–H and O–H groups in total. The number of allylic oxidation sites excluding steroid dienone is 4. The zero-order valence-electron chi connectivity index (χ0n) is 6.93. The summed E-state index contributed by atoms with van der Waals surface area (Å²) in [5.41, 5.74) is 4.88. The number of carbonyl (C=O) groups is 1. The first-order valence-electron chi connectivity index (χ1n) is 3.58. The van der Waals surface area contributed by atoms with Crippen molar-refractivity contribution in [2.24, 2.45) is 0 Å². The number of nitro groups is 1. The minimum atomic E-state index is -1.11. The molecule has 0 aliphatic heterocycles. The van der Waals surface area contributed by atoms with Crippen molar-refractivity contribution < 1.29 is 14.8 Å². The first-order valence-corrected chi connectivity index (χ1v) is 3.58. The van der Waals surface area contributed by atoms with Gasteiger partial charge in [0.25, 0.3) is 0 Å². The molecule has 0 saturated carbocycles. The Morgan fingerprint density at radius 1 is 1.64 bits per heavy atom. The molecule has 0 heterocycles. The second-order valence-electron chi connectivity index (χ2n) is 2.37. The van der Waals surface area contributed by atoms with Gasteiger partial charge in [-0.25, -0.2) is 4.79 Å². The number of hydrogen-bond donors (Lipinski definition) is 1. The van der Waals surface area contributed by atoms with Gasteiger partial charge in [0.2, 0.25) is 0 Å². The van der Waals surface area contributed by atoms with Crippen LogP contribution in [0.2, 0.25) is 0 Å². The topological polar surface area (TPSA) is 80.4 Å². The quantitative estimate of drug-likeness (QED) is 0.312. The summed E-state index contributed by atoms with van der Waals surface area (Å²) >= 11 is 0. The molecule has 0 aromatic carbocycles. The third-order valence-corrected chi connectivity index (χ3v) is 1.36. The first-order chi connectivity index (χ1) is 6.59. The molecule has 1 aliphatic carbocycles. The molecule has 1 rings (SSSR count). The van der Waals surface area contributed by atoms with E-state index in [1.54, 1.807) is 0 Å². The van der Waals surface area contributed by atoms with Crippen molar-refractivity contribution in [2.75, 3.05) is 0 Å². The van der Waals surface area contributed by atoms with Gasteiger partial charge in [0, 0.05) is 17.9 Å². The number of nitrogens with zero attached hydrogens (tertiary/aromatic N) is 1. The van der Waals surface area contributed by atoms with Crippen LogP contribution in [0, 0.1) is 10.1 Å². The Bertz CT molecular complexity index is 443. The van der Waals surface area contributed by atoms with E-state index in [0.717, 1.165) is 6.08 Å². The number of carboxylic acid groups (broad SMARTS) is 1. The maximum atomic E-state index is 10.3. The lowest BCUT2D eigenvalue weighted by atomic mass is 10.1. The Kier molecular flexibility index (Phi) is 2.82. The lowest BCUT2D eigenvalue weighted by molar-refractivity contribution is -0.418. The monoisotopic (exact) mass is 191 g/mol. The maximum absolute atomic E-state index is 10.3. The van der Waals surface area contributed by atoms with E-state index in [-0.39, 0.29) is 5.70 Å². The molecule has 0 atom stereocenters. The van der Waals surface area contributed by atoms with Crippen molar-refractivity contribution in [1.82, 2.24) is 0 Å². The third kappa shape index (κ3) is 2.60. The molecular formula is C9H5NO4. The fourth-order valence-corrected chi connectivity index (χ4v) is 0.791. The van der Waals surface area contributed by atoms with E-state index >= 15 is 0 Å². The molecule has 5 nitrogen and oxygen atoms in total. The molecular weight excluding hydrogens is 186 g/mol. The normalized spacial score (nSPS) is 14.0. The first kappa shape index (κ1) is 9.74. The van der Waals surface area contributed by atoms with E-state index in [1.807, 2.05) is 0 Å². The Morgan fingerprint density at radius 2 is 2.36 bits per heavy atom. The predicted octanol–water partition coefficient (Wildman–Crippen LogP) is 1.04. The third-order valence-electron chi connectivity index (χ3n) is 1.36. The van der Waals surface area contributed by atoms with Gasteiger partial charge in [0.15, 0.2) is 0 Å². The average Bonchev–Trinajstić information content (AvgIpc) is 2.15. The van der Waals surface area contributed by atoms with Gasteiger partial charge >= 0.3 is 11.7 Å². The van der Waals surface area contributed by atoms with Crippen LogP contribution in [0.5, 0.6) is 0 Å². The largest absolute Gasteiger partial charge is 0.478 e. The van der Waals surface area contributed by atoms with Crippen LogP contribution < -0.4 is 0 Å². The van der Waals surface area contributed by atoms with Gasteiger partial charge in [-0.15, -0.1) is 0 Å². The van der Waals surface area contributed by atoms with Gasteiger partial charge in [-0.3, -0.25) is 10.1 Å². The van der Waals surface area contributed by atoms with Crippen LogP contribution in [0.4, 0.5) is 0 Å². The van der Waals surface area contributed by atoms with Crippen molar-refractivity contribution in [1.29, 1.82) is 0 Å². The summed E-state index contributed by atoms with van der Waals surface area (Å²) in [6.07, 6.45) is 4.77. The number of carboxylic acids is 1. The minimum Gasteiger partial charge on any atom is -0.478 e. The molecule has 0 aromatic heterocycles. The highest BCUT2D eigenvalue weighted by Gasteiger charge is 2.07. The van der Waals surface area contributed by atoms with E-state index in [2.05, 4.69) is 11.5 Å². The SMILES string of the molecule is O=C(O)/C=C/C1=CC([N+](=O)[O-])=C=C=C1. The maximum Gasteiger partial charge on any atom is 0.328 e. The van der Waals surface area contributed by atoms with E-state index < -0.39 is 10.9 Å². The standard InChI is InChI=1S/C9H5NO4/c11-9(12)5-4-7-2-1-3-8(6-7)10(13)14/h2,4-6H,(H,11,12)/b5-4+. The van der Waals surface area contributed by atoms with Crippen LogP contribution in [0.15, 0.2) is 47.0 Å². The van der Waals surface area contributed by atoms with Crippen molar-refractivity contribution >= 4 is 5.97 Å². The lowest BCUT2D eigenvalue weighted by Crippen LogP contribution is -1.96. The smallest absolute Gasteiger partial charge is 0.328 e. The Balaban J connectivity index is 2.91. The van der Waals surface area contributed by atoms with Gasteiger partial charge in [-0.2, -0.15) is 0 Å². The Morgan fingerprint density at radius 3 is 2.93 bits per heavy atom. The van der Waals surface area contributed by atoms with E-state index in [0.29, 0.717) is 5.57 Å². The molecule has 0 radical (unpaired) electrons. The molecule has 14 heavy (non-hydrogen) atoms. The molecule has 0 spiro atoms. The molecule has 0 amide bonds. The van der Waals surface area contributed by atoms with Crippen LogP contribution in [0.25, 0.3) is 0 Å². The highest BCUT2D eigenvalue weighted by atomic mass is 16.6. The van der Waals surface area contributed by atoms with Crippen molar-refractivity contribution in [3.05, 3.63) is 57.2 Å². The molecule has 1 aliphatic rings. The number of aliphatic carboxylic acids is 1. The molecule has 0 saturated heterocycles. The molecule has 5 heteroatoms. The summed E-state index contributed by atoms with van der Waals surface area (Å²) in [5, 5.41) is 18.6. The van der Waals surface area contributed by atoms with Gasteiger partial charge in [0.05, 0.1) is 4.92 Å². The minimum absolute atomic E-state index is 0.238.